The van der Waals surface area contributed by atoms with Gasteiger partial charge in [-0.25, -0.2) is 4.99 Å². The molecule has 0 aliphatic carbocycles. The Kier molecular flexibility index (Phi) is 8.75. The third-order valence-corrected chi connectivity index (χ3v) is 6.65. The Morgan fingerprint density at radius 2 is 1.70 bits per heavy atom. The summed E-state index contributed by atoms with van der Waals surface area (Å²) in [6.45, 7) is 6.72. The number of aliphatic hydroxyl groups is 1. The van der Waals surface area contributed by atoms with Gasteiger partial charge in [-0.2, -0.15) is 0 Å². The Morgan fingerprint density at radius 3 is 2.27 bits per heavy atom. The van der Waals surface area contributed by atoms with Crippen LogP contribution in [0.1, 0.15) is 42.4 Å². The molecule has 0 bridgehead atoms. The average Bonchev–Trinajstić information content (AvgIpc) is 3.27. The number of nitrogens with zero attached hydrogens (tertiary/aromatic N) is 1. The van der Waals surface area contributed by atoms with Crippen LogP contribution in [0.5, 0.6) is 5.75 Å². The van der Waals surface area contributed by atoms with Crippen LogP contribution in [-0.2, 0) is 9.53 Å². The molecule has 1 aliphatic rings. The SMILES string of the molecule is C=CC[C@@]1(C(=O)NCC(c2ccccc2)c2ccccc2)N=C(c2ccc(OCCCO)cc2)O[C@@H]1C. The quantitative estimate of drug-likeness (QED) is 0.276. The first-order valence-corrected chi connectivity index (χ1v) is 12.7. The summed E-state index contributed by atoms with van der Waals surface area (Å²) in [5.74, 6) is 0.947. The lowest BCUT2D eigenvalue weighted by Gasteiger charge is -2.28. The molecule has 2 N–H and O–H groups in total. The van der Waals surface area contributed by atoms with E-state index in [1.807, 2.05) is 67.6 Å². The minimum Gasteiger partial charge on any atom is -0.494 e. The summed E-state index contributed by atoms with van der Waals surface area (Å²) in [4.78, 5) is 18.6. The van der Waals surface area contributed by atoms with Crippen molar-refractivity contribution in [2.45, 2.75) is 37.3 Å². The number of hydrogen-bond donors (Lipinski definition) is 2. The number of aliphatic hydroxyl groups excluding tert-OH is 1. The van der Waals surface area contributed by atoms with Crippen molar-refractivity contribution < 1.29 is 19.4 Å². The van der Waals surface area contributed by atoms with Gasteiger partial charge in [-0.05, 0) is 42.3 Å². The first kappa shape index (κ1) is 26.2. The zero-order valence-corrected chi connectivity index (χ0v) is 21.2. The lowest BCUT2D eigenvalue weighted by molar-refractivity contribution is -0.128. The first-order valence-electron chi connectivity index (χ1n) is 12.7. The van der Waals surface area contributed by atoms with E-state index in [4.69, 9.17) is 19.6 Å². The van der Waals surface area contributed by atoms with Gasteiger partial charge in [0.1, 0.15) is 11.9 Å². The van der Waals surface area contributed by atoms with E-state index in [2.05, 4.69) is 36.2 Å². The molecule has 2 atom stereocenters. The van der Waals surface area contributed by atoms with Crippen molar-refractivity contribution in [2.24, 2.45) is 4.99 Å². The van der Waals surface area contributed by atoms with Crippen molar-refractivity contribution in [2.75, 3.05) is 19.8 Å². The highest BCUT2D eigenvalue weighted by atomic mass is 16.5. The van der Waals surface area contributed by atoms with Gasteiger partial charge in [0.2, 0.25) is 5.90 Å². The number of carbonyl (C=O) groups excluding carboxylic acids is 1. The fraction of sp³-hybridized carbons (Fsp3) is 0.290. The van der Waals surface area contributed by atoms with Gasteiger partial charge in [-0.15, -0.1) is 6.58 Å². The molecule has 3 aromatic carbocycles. The van der Waals surface area contributed by atoms with Crippen molar-refractivity contribution in [3.63, 3.8) is 0 Å². The van der Waals surface area contributed by atoms with Crippen molar-refractivity contribution >= 4 is 11.8 Å². The molecule has 1 aliphatic heterocycles. The molecule has 0 unspecified atom stereocenters. The summed E-state index contributed by atoms with van der Waals surface area (Å²) in [5, 5.41) is 12.1. The van der Waals surface area contributed by atoms with Crippen molar-refractivity contribution in [3.05, 3.63) is 114 Å². The third-order valence-electron chi connectivity index (χ3n) is 6.65. The fourth-order valence-corrected chi connectivity index (χ4v) is 4.55. The summed E-state index contributed by atoms with van der Waals surface area (Å²) in [6, 6.07) is 27.8. The first-order chi connectivity index (χ1) is 18.1. The number of nitrogens with one attached hydrogen (secondary N) is 1. The van der Waals surface area contributed by atoms with Gasteiger partial charge >= 0.3 is 0 Å². The number of amides is 1. The van der Waals surface area contributed by atoms with E-state index >= 15 is 0 Å². The fourth-order valence-electron chi connectivity index (χ4n) is 4.55. The zero-order chi connectivity index (χ0) is 26.1. The Hall–Kier alpha value is -3.90. The molecule has 0 radical (unpaired) electrons. The molecule has 4 rings (SSSR count). The number of ether oxygens (including phenoxy) is 2. The Labute approximate surface area is 218 Å². The van der Waals surface area contributed by atoms with Crippen LogP contribution in [-0.4, -0.2) is 48.3 Å². The van der Waals surface area contributed by atoms with E-state index in [1.165, 1.54) is 0 Å². The largest absolute Gasteiger partial charge is 0.494 e. The second-order valence-corrected chi connectivity index (χ2v) is 9.13. The standard InChI is InChI=1S/C31H34N2O4/c1-3-19-31(23(2)37-29(33-31)26-15-17-27(18-16-26)36-21-10-20-34)30(35)32-22-28(24-11-6-4-7-12-24)25-13-8-5-9-14-25/h3-9,11-18,23,28,34H,1,10,19-22H2,2H3,(H,32,35)/t23-,31-/m1/s1. The van der Waals surface area contributed by atoms with Crippen LogP contribution in [0.25, 0.3) is 0 Å². The van der Waals surface area contributed by atoms with Gasteiger partial charge in [0.25, 0.3) is 5.91 Å². The molecule has 0 spiro atoms. The predicted molar refractivity (Wildman–Crippen MR) is 146 cm³/mol. The highest BCUT2D eigenvalue weighted by Gasteiger charge is 2.49. The molecule has 3 aromatic rings. The topological polar surface area (TPSA) is 80.2 Å². The van der Waals surface area contributed by atoms with Crippen molar-refractivity contribution in [3.8, 4) is 5.75 Å². The second kappa shape index (κ2) is 12.4. The maximum absolute atomic E-state index is 13.7. The van der Waals surface area contributed by atoms with E-state index < -0.39 is 11.6 Å². The van der Waals surface area contributed by atoms with Gasteiger partial charge in [0.05, 0.1) is 6.61 Å². The minimum absolute atomic E-state index is 0.00610. The molecule has 37 heavy (non-hydrogen) atoms. The molecule has 6 nitrogen and oxygen atoms in total. The maximum atomic E-state index is 13.7. The van der Waals surface area contributed by atoms with Crippen LogP contribution in [0.2, 0.25) is 0 Å². The second-order valence-electron chi connectivity index (χ2n) is 9.13. The Morgan fingerprint density at radius 1 is 1.08 bits per heavy atom. The van der Waals surface area contributed by atoms with E-state index in [-0.39, 0.29) is 18.4 Å². The normalized spacial score (nSPS) is 18.7. The molecule has 1 amide bonds. The summed E-state index contributed by atoms with van der Waals surface area (Å²) in [5.41, 5.74) is 1.93. The van der Waals surface area contributed by atoms with E-state index in [9.17, 15) is 4.79 Å². The molecule has 192 valence electrons. The Bertz CT molecular complexity index is 1160. The number of benzene rings is 3. The van der Waals surface area contributed by atoms with Gasteiger partial charge in [0, 0.05) is 37.5 Å². The molecule has 1 heterocycles. The third kappa shape index (κ3) is 6.09. The van der Waals surface area contributed by atoms with Crippen LogP contribution in [0.3, 0.4) is 0 Å². The van der Waals surface area contributed by atoms with E-state index in [1.54, 1.807) is 6.08 Å². The smallest absolute Gasteiger partial charge is 0.252 e. The van der Waals surface area contributed by atoms with E-state index in [0.717, 1.165) is 16.7 Å². The van der Waals surface area contributed by atoms with Crippen molar-refractivity contribution in [1.82, 2.24) is 5.32 Å². The summed E-state index contributed by atoms with van der Waals surface area (Å²) in [6.07, 6.45) is 2.18. The number of rotatable bonds is 12. The average molecular weight is 499 g/mol. The number of aliphatic imine (C=N–C) groups is 1. The van der Waals surface area contributed by atoms with Crippen LogP contribution >= 0.6 is 0 Å². The van der Waals surface area contributed by atoms with Gasteiger partial charge < -0.3 is 19.9 Å². The Balaban J connectivity index is 1.54. The summed E-state index contributed by atoms with van der Waals surface area (Å²) >= 11 is 0. The maximum Gasteiger partial charge on any atom is 0.252 e. The summed E-state index contributed by atoms with van der Waals surface area (Å²) in [7, 11) is 0. The molecule has 0 aromatic heterocycles. The lowest BCUT2D eigenvalue weighted by atomic mass is 9.88. The van der Waals surface area contributed by atoms with E-state index in [0.29, 0.717) is 37.6 Å². The van der Waals surface area contributed by atoms with Crippen LogP contribution < -0.4 is 10.1 Å². The molecule has 6 heteroatoms. The molecule has 0 saturated heterocycles. The van der Waals surface area contributed by atoms with Crippen LogP contribution in [0, 0.1) is 0 Å². The monoisotopic (exact) mass is 498 g/mol. The minimum atomic E-state index is -1.11. The van der Waals surface area contributed by atoms with Crippen molar-refractivity contribution in [1.29, 1.82) is 0 Å². The number of hydrogen-bond acceptors (Lipinski definition) is 5. The van der Waals surface area contributed by atoms with Gasteiger partial charge in [-0.1, -0.05) is 66.7 Å². The van der Waals surface area contributed by atoms with Gasteiger partial charge in [0.15, 0.2) is 5.54 Å². The molecular formula is C31H34N2O4. The van der Waals surface area contributed by atoms with Gasteiger partial charge in [-0.3, -0.25) is 4.79 Å². The lowest BCUT2D eigenvalue weighted by Crippen LogP contribution is -2.51. The zero-order valence-electron chi connectivity index (χ0n) is 21.2. The molecular weight excluding hydrogens is 464 g/mol. The summed E-state index contributed by atoms with van der Waals surface area (Å²) < 4.78 is 11.7. The highest BCUT2D eigenvalue weighted by Crippen LogP contribution is 2.33. The molecule has 0 fully saturated rings. The van der Waals surface area contributed by atoms with Crippen LogP contribution in [0.15, 0.2) is 103 Å². The highest BCUT2D eigenvalue weighted by molar-refractivity contribution is 6.00. The molecule has 0 saturated carbocycles. The predicted octanol–water partition coefficient (Wildman–Crippen LogP) is 4.88. The van der Waals surface area contributed by atoms with Crippen LogP contribution in [0.4, 0.5) is 0 Å². The number of carbonyl (C=O) groups is 1.